The van der Waals surface area contributed by atoms with Gasteiger partial charge in [-0.05, 0) is 36.4 Å². The third-order valence-electron chi connectivity index (χ3n) is 2.79. The van der Waals surface area contributed by atoms with Crippen LogP contribution in [0, 0.1) is 0 Å². The molecule has 0 aliphatic carbocycles. The zero-order valence-electron chi connectivity index (χ0n) is 10.1. The second kappa shape index (κ2) is 4.45. The highest BCUT2D eigenvalue weighted by Gasteiger charge is 2.08. The van der Waals surface area contributed by atoms with Crippen molar-refractivity contribution >= 4 is 28.6 Å². The van der Waals surface area contributed by atoms with Gasteiger partial charge in [0.05, 0.1) is 11.0 Å². The van der Waals surface area contributed by atoms with Crippen LogP contribution in [-0.2, 0) is 0 Å². The Morgan fingerprint density at radius 3 is 2.58 bits per heavy atom. The Hall–Kier alpha value is -2.82. The van der Waals surface area contributed by atoms with Gasteiger partial charge in [-0.1, -0.05) is 12.1 Å². The Kier molecular flexibility index (Phi) is 2.64. The molecule has 94 valence electrons. The quantitative estimate of drug-likeness (QED) is 0.612. The van der Waals surface area contributed by atoms with E-state index in [9.17, 15) is 4.79 Å². The van der Waals surface area contributed by atoms with Crippen molar-refractivity contribution in [3.8, 4) is 0 Å². The van der Waals surface area contributed by atoms with Crippen LogP contribution in [0.1, 0.15) is 10.4 Å². The third kappa shape index (κ3) is 2.26. The summed E-state index contributed by atoms with van der Waals surface area (Å²) in [6.07, 6.45) is 0. The Balaban J connectivity index is 1.84. The summed E-state index contributed by atoms with van der Waals surface area (Å²) in [6.45, 7) is 0. The van der Waals surface area contributed by atoms with Gasteiger partial charge in [0.1, 0.15) is 0 Å². The molecule has 3 rings (SSSR count). The van der Waals surface area contributed by atoms with Crippen molar-refractivity contribution in [3.63, 3.8) is 0 Å². The maximum Gasteiger partial charge on any atom is 0.257 e. The summed E-state index contributed by atoms with van der Waals surface area (Å²) in [4.78, 5) is 19.3. The maximum atomic E-state index is 12.0. The smallest absolute Gasteiger partial charge is 0.257 e. The number of rotatable bonds is 2. The van der Waals surface area contributed by atoms with E-state index in [1.165, 1.54) is 0 Å². The number of aromatic nitrogens is 2. The van der Waals surface area contributed by atoms with Gasteiger partial charge >= 0.3 is 0 Å². The largest absolute Gasteiger partial charge is 0.399 e. The van der Waals surface area contributed by atoms with Crippen molar-refractivity contribution in [1.29, 1.82) is 0 Å². The average Bonchev–Trinajstić information content (AvgIpc) is 2.81. The van der Waals surface area contributed by atoms with Gasteiger partial charge in [-0.15, -0.1) is 0 Å². The molecule has 1 aromatic heterocycles. The number of carbonyl (C=O) groups excluding carboxylic acids is 1. The van der Waals surface area contributed by atoms with Gasteiger partial charge in [-0.2, -0.15) is 0 Å². The highest BCUT2D eigenvalue weighted by Crippen LogP contribution is 2.14. The van der Waals surface area contributed by atoms with E-state index in [0.717, 1.165) is 11.0 Å². The fraction of sp³-hybridized carbons (Fsp3) is 0. The number of nitrogen functional groups attached to an aromatic ring is 1. The van der Waals surface area contributed by atoms with Crippen LogP contribution in [-0.4, -0.2) is 15.9 Å². The van der Waals surface area contributed by atoms with E-state index < -0.39 is 0 Å². The van der Waals surface area contributed by atoms with Gasteiger partial charge in [0.2, 0.25) is 5.95 Å². The van der Waals surface area contributed by atoms with Crippen LogP contribution >= 0.6 is 0 Å². The summed E-state index contributed by atoms with van der Waals surface area (Å²) in [6, 6.07) is 14.3. The monoisotopic (exact) mass is 252 g/mol. The molecule has 2 aromatic carbocycles. The number of H-pyrrole nitrogens is 1. The SMILES string of the molecule is Nc1ccc(C(=O)Nc2nc3ccccc3[nH]2)cc1. The number of aromatic amines is 1. The van der Waals surface area contributed by atoms with Crippen LogP contribution < -0.4 is 11.1 Å². The highest BCUT2D eigenvalue weighted by molar-refractivity contribution is 6.04. The Morgan fingerprint density at radius 1 is 1.11 bits per heavy atom. The summed E-state index contributed by atoms with van der Waals surface area (Å²) in [7, 11) is 0. The number of hydrogen-bond donors (Lipinski definition) is 3. The molecular formula is C14H12N4O. The molecular weight excluding hydrogens is 240 g/mol. The van der Waals surface area contributed by atoms with Crippen LogP contribution in [0.25, 0.3) is 11.0 Å². The fourth-order valence-electron chi connectivity index (χ4n) is 1.83. The van der Waals surface area contributed by atoms with E-state index in [-0.39, 0.29) is 5.91 Å². The van der Waals surface area contributed by atoms with Gasteiger partial charge in [0.15, 0.2) is 0 Å². The van der Waals surface area contributed by atoms with Crippen LogP contribution in [0.3, 0.4) is 0 Å². The van der Waals surface area contributed by atoms with Crippen molar-refractivity contribution in [1.82, 2.24) is 9.97 Å². The second-order valence-electron chi connectivity index (χ2n) is 4.18. The Morgan fingerprint density at radius 2 is 1.84 bits per heavy atom. The maximum absolute atomic E-state index is 12.0. The van der Waals surface area contributed by atoms with Gasteiger partial charge in [0.25, 0.3) is 5.91 Å². The number of nitrogens with zero attached hydrogens (tertiary/aromatic N) is 1. The number of para-hydroxylation sites is 2. The summed E-state index contributed by atoms with van der Waals surface area (Å²) >= 11 is 0. The molecule has 0 saturated heterocycles. The summed E-state index contributed by atoms with van der Waals surface area (Å²) < 4.78 is 0. The van der Waals surface area contributed by atoms with Gasteiger partial charge in [0, 0.05) is 11.3 Å². The molecule has 1 heterocycles. The molecule has 0 radical (unpaired) electrons. The minimum atomic E-state index is -0.223. The van der Waals surface area contributed by atoms with Crippen molar-refractivity contribution < 1.29 is 4.79 Å². The number of anilines is 2. The number of carbonyl (C=O) groups is 1. The summed E-state index contributed by atoms with van der Waals surface area (Å²) in [5.41, 5.74) is 8.44. The van der Waals surface area contributed by atoms with E-state index in [0.29, 0.717) is 17.2 Å². The first-order valence-corrected chi connectivity index (χ1v) is 5.84. The lowest BCUT2D eigenvalue weighted by atomic mass is 10.2. The Bertz CT molecular complexity index is 698. The van der Waals surface area contributed by atoms with E-state index in [1.807, 2.05) is 24.3 Å². The first kappa shape index (κ1) is 11.3. The van der Waals surface area contributed by atoms with Crippen LogP contribution in [0.5, 0.6) is 0 Å². The summed E-state index contributed by atoms with van der Waals surface area (Å²) in [5, 5.41) is 2.72. The standard InChI is InChI=1S/C14H12N4O/c15-10-7-5-9(6-8-10)13(19)18-14-16-11-3-1-2-4-12(11)17-14/h1-8H,15H2,(H2,16,17,18,19). The lowest BCUT2D eigenvalue weighted by Crippen LogP contribution is -2.12. The molecule has 4 N–H and O–H groups in total. The highest BCUT2D eigenvalue weighted by atomic mass is 16.1. The first-order chi connectivity index (χ1) is 9.22. The zero-order valence-corrected chi connectivity index (χ0v) is 10.1. The number of nitrogens with one attached hydrogen (secondary N) is 2. The second-order valence-corrected chi connectivity index (χ2v) is 4.18. The zero-order chi connectivity index (χ0) is 13.2. The van der Waals surface area contributed by atoms with Crippen molar-refractivity contribution in [2.75, 3.05) is 11.1 Å². The lowest BCUT2D eigenvalue weighted by molar-refractivity contribution is 0.102. The Labute approximate surface area is 109 Å². The van der Waals surface area contributed by atoms with Gasteiger partial charge in [-0.3, -0.25) is 10.1 Å². The topological polar surface area (TPSA) is 83.8 Å². The minimum absolute atomic E-state index is 0.223. The average molecular weight is 252 g/mol. The van der Waals surface area contributed by atoms with Crippen molar-refractivity contribution in [3.05, 3.63) is 54.1 Å². The van der Waals surface area contributed by atoms with Crippen molar-refractivity contribution in [2.24, 2.45) is 0 Å². The molecule has 5 heteroatoms. The van der Waals surface area contributed by atoms with Gasteiger partial charge in [-0.25, -0.2) is 4.98 Å². The number of nitrogens with two attached hydrogens (primary N) is 1. The molecule has 0 atom stereocenters. The normalized spacial score (nSPS) is 10.5. The number of fused-ring (bicyclic) bond motifs is 1. The predicted molar refractivity (Wildman–Crippen MR) is 74.9 cm³/mol. The lowest BCUT2D eigenvalue weighted by Gasteiger charge is -2.01. The van der Waals surface area contributed by atoms with Crippen LogP contribution in [0.2, 0.25) is 0 Å². The molecule has 19 heavy (non-hydrogen) atoms. The van der Waals surface area contributed by atoms with E-state index in [4.69, 9.17) is 5.73 Å². The molecule has 0 fully saturated rings. The van der Waals surface area contributed by atoms with Crippen LogP contribution in [0.15, 0.2) is 48.5 Å². The molecule has 1 amide bonds. The van der Waals surface area contributed by atoms with Crippen molar-refractivity contribution in [2.45, 2.75) is 0 Å². The fourth-order valence-corrected chi connectivity index (χ4v) is 1.83. The molecule has 3 aromatic rings. The van der Waals surface area contributed by atoms with Gasteiger partial charge < -0.3 is 10.7 Å². The van der Waals surface area contributed by atoms with E-state index in [1.54, 1.807) is 24.3 Å². The molecule has 0 bridgehead atoms. The third-order valence-corrected chi connectivity index (χ3v) is 2.79. The van der Waals surface area contributed by atoms with Crippen LogP contribution in [0.4, 0.5) is 11.6 Å². The number of benzene rings is 2. The molecule has 0 aliphatic heterocycles. The molecule has 5 nitrogen and oxygen atoms in total. The molecule has 0 aliphatic rings. The first-order valence-electron chi connectivity index (χ1n) is 5.84. The molecule has 0 spiro atoms. The number of amides is 1. The number of imidazole rings is 1. The molecule has 0 saturated carbocycles. The van der Waals surface area contributed by atoms with E-state index in [2.05, 4.69) is 15.3 Å². The molecule has 0 unspecified atom stereocenters. The predicted octanol–water partition coefficient (Wildman–Crippen LogP) is 2.40. The summed E-state index contributed by atoms with van der Waals surface area (Å²) in [5.74, 6) is 0.210. The van der Waals surface area contributed by atoms with E-state index >= 15 is 0 Å². The number of hydrogen-bond acceptors (Lipinski definition) is 3. The minimum Gasteiger partial charge on any atom is -0.399 e.